The molecule has 1 aromatic carbocycles. The molecule has 0 spiro atoms. The number of likely N-dealkylation sites (tertiary alicyclic amines) is 1. The van der Waals surface area contributed by atoms with E-state index in [4.69, 9.17) is 0 Å². The highest BCUT2D eigenvalue weighted by Gasteiger charge is 2.24. The van der Waals surface area contributed by atoms with Gasteiger partial charge in [-0.15, -0.1) is 0 Å². The van der Waals surface area contributed by atoms with Crippen molar-refractivity contribution >= 4 is 5.91 Å². The van der Waals surface area contributed by atoms with Gasteiger partial charge in [-0.2, -0.15) is 0 Å². The maximum atomic E-state index is 12.5. The summed E-state index contributed by atoms with van der Waals surface area (Å²) in [4.78, 5) is 18.9. The van der Waals surface area contributed by atoms with Crippen LogP contribution in [-0.4, -0.2) is 28.9 Å². The van der Waals surface area contributed by atoms with Gasteiger partial charge in [0, 0.05) is 30.5 Å². The highest BCUT2D eigenvalue weighted by molar-refractivity contribution is 5.94. The molecule has 21 heavy (non-hydrogen) atoms. The lowest BCUT2D eigenvalue weighted by atomic mass is 9.92. The summed E-state index contributed by atoms with van der Waals surface area (Å²) in [5.74, 6) is 0.669. The van der Waals surface area contributed by atoms with Gasteiger partial charge in [-0.3, -0.25) is 9.78 Å². The summed E-state index contributed by atoms with van der Waals surface area (Å²) in [6.45, 7) is 1.71. The largest absolute Gasteiger partial charge is 0.338 e. The van der Waals surface area contributed by atoms with Crippen molar-refractivity contribution in [2.24, 2.45) is 5.92 Å². The smallest absolute Gasteiger partial charge is 0.253 e. The van der Waals surface area contributed by atoms with Crippen molar-refractivity contribution in [1.82, 2.24) is 9.88 Å². The number of hydrogen-bond donors (Lipinski definition) is 0. The molecule has 2 aromatic rings. The molecule has 3 heteroatoms. The minimum absolute atomic E-state index is 0.154. The second kappa shape index (κ2) is 6.53. The van der Waals surface area contributed by atoms with Gasteiger partial charge in [-0.1, -0.05) is 24.3 Å². The molecule has 0 aliphatic carbocycles. The van der Waals surface area contributed by atoms with E-state index < -0.39 is 0 Å². The van der Waals surface area contributed by atoms with E-state index in [1.54, 1.807) is 0 Å². The number of hydrogen-bond acceptors (Lipinski definition) is 2. The lowest BCUT2D eigenvalue weighted by Gasteiger charge is -2.32. The minimum atomic E-state index is 0.154. The average molecular weight is 280 g/mol. The second-order valence-corrected chi connectivity index (χ2v) is 5.65. The molecule has 0 radical (unpaired) electrons. The van der Waals surface area contributed by atoms with Crippen molar-refractivity contribution in [3.05, 3.63) is 66.0 Å². The average Bonchev–Trinajstić information content (AvgIpc) is 2.56. The van der Waals surface area contributed by atoms with Gasteiger partial charge in [0.1, 0.15) is 0 Å². The number of carbonyl (C=O) groups excluding carboxylic acids is 1. The van der Waals surface area contributed by atoms with Crippen molar-refractivity contribution in [2.75, 3.05) is 13.1 Å². The molecule has 1 aliphatic heterocycles. The van der Waals surface area contributed by atoms with Crippen molar-refractivity contribution in [3.63, 3.8) is 0 Å². The summed E-state index contributed by atoms with van der Waals surface area (Å²) in [5, 5.41) is 0. The van der Waals surface area contributed by atoms with Gasteiger partial charge >= 0.3 is 0 Å². The zero-order chi connectivity index (χ0) is 14.5. The van der Waals surface area contributed by atoms with Crippen molar-refractivity contribution in [3.8, 4) is 0 Å². The van der Waals surface area contributed by atoms with E-state index in [1.807, 2.05) is 53.6 Å². The van der Waals surface area contributed by atoms with E-state index in [9.17, 15) is 4.79 Å². The first-order valence-corrected chi connectivity index (χ1v) is 7.57. The van der Waals surface area contributed by atoms with Crippen molar-refractivity contribution < 1.29 is 4.79 Å². The van der Waals surface area contributed by atoms with Crippen LogP contribution in [0.15, 0.2) is 54.7 Å². The molecule has 0 unspecified atom stereocenters. The number of benzene rings is 1. The highest BCUT2D eigenvalue weighted by Crippen LogP contribution is 2.21. The molecule has 3 rings (SSSR count). The zero-order valence-electron chi connectivity index (χ0n) is 12.1. The van der Waals surface area contributed by atoms with Crippen LogP contribution in [-0.2, 0) is 6.42 Å². The van der Waals surface area contributed by atoms with Crippen LogP contribution in [0.3, 0.4) is 0 Å². The van der Waals surface area contributed by atoms with Crippen LogP contribution in [0.25, 0.3) is 0 Å². The summed E-state index contributed by atoms with van der Waals surface area (Å²) in [7, 11) is 0. The van der Waals surface area contributed by atoms with E-state index in [0.29, 0.717) is 5.92 Å². The number of piperidine rings is 1. The Kier molecular flexibility index (Phi) is 4.29. The van der Waals surface area contributed by atoms with Gasteiger partial charge in [-0.25, -0.2) is 0 Å². The Morgan fingerprint density at radius 3 is 2.71 bits per heavy atom. The van der Waals surface area contributed by atoms with E-state index >= 15 is 0 Å². The molecule has 2 heterocycles. The number of pyridine rings is 1. The first-order valence-electron chi connectivity index (χ1n) is 7.57. The molecular weight excluding hydrogens is 260 g/mol. The first kappa shape index (κ1) is 13.8. The van der Waals surface area contributed by atoms with E-state index in [0.717, 1.165) is 37.2 Å². The highest BCUT2D eigenvalue weighted by atomic mass is 16.2. The molecular formula is C18H20N2O. The predicted molar refractivity (Wildman–Crippen MR) is 83.0 cm³/mol. The standard InChI is InChI=1S/C18H20N2O/c21-18(16-8-2-1-3-9-16)20-12-6-7-15(14-20)13-17-10-4-5-11-19-17/h1-5,8-11,15H,6-7,12-14H2/t15-/m1/s1. The maximum Gasteiger partial charge on any atom is 0.253 e. The first-order chi connectivity index (χ1) is 10.3. The third-order valence-corrected chi connectivity index (χ3v) is 4.05. The molecule has 1 fully saturated rings. The van der Waals surface area contributed by atoms with E-state index in [1.165, 1.54) is 6.42 Å². The normalized spacial score (nSPS) is 18.5. The van der Waals surface area contributed by atoms with Crippen LogP contribution in [0, 0.1) is 5.92 Å². The Morgan fingerprint density at radius 2 is 1.95 bits per heavy atom. The van der Waals surface area contributed by atoms with Crippen LogP contribution >= 0.6 is 0 Å². The Bertz CT molecular complexity index is 583. The second-order valence-electron chi connectivity index (χ2n) is 5.65. The van der Waals surface area contributed by atoms with Crippen molar-refractivity contribution in [1.29, 1.82) is 0 Å². The summed E-state index contributed by atoms with van der Waals surface area (Å²) in [5.41, 5.74) is 1.91. The molecule has 1 aliphatic rings. The summed E-state index contributed by atoms with van der Waals surface area (Å²) >= 11 is 0. The van der Waals surface area contributed by atoms with Gasteiger partial charge in [0.05, 0.1) is 0 Å². The molecule has 3 nitrogen and oxygen atoms in total. The maximum absolute atomic E-state index is 12.5. The summed E-state index contributed by atoms with van der Waals surface area (Å²) in [6.07, 6.45) is 5.05. The van der Waals surface area contributed by atoms with Crippen LogP contribution < -0.4 is 0 Å². The quantitative estimate of drug-likeness (QED) is 0.865. The lowest BCUT2D eigenvalue weighted by molar-refractivity contribution is 0.0673. The van der Waals surface area contributed by atoms with Gasteiger partial charge in [0.15, 0.2) is 0 Å². The molecule has 0 N–H and O–H groups in total. The van der Waals surface area contributed by atoms with Gasteiger partial charge < -0.3 is 4.90 Å². The van der Waals surface area contributed by atoms with Crippen LogP contribution in [0.5, 0.6) is 0 Å². The van der Waals surface area contributed by atoms with Crippen LogP contribution in [0.2, 0.25) is 0 Å². The topological polar surface area (TPSA) is 33.2 Å². The van der Waals surface area contributed by atoms with Crippen molar-refractivity contribution in [2.45, 2.75) is 19.3 Å². The van der Waals surface area contributed by atoms with Crippen LogP contribution in [0.4, 0.5) is 0 Å². The Hall–Kier alpha value is -2.16. The van der Waals surface area contributed by atoms with Gasteiger partial charge in [-0.05, 0) is 49.4 Å². The molecule has 1 atom stereocenters. The fourth-order valence-corrected chi connectivity index (χ4v) is 2.99. The minimum Gasteiger partial charge on any atom is -0.338 e. The number of nitrogens with zero attached hydrogens (tertiary/aromatic N) is 2. The van der Waals surface area contributed by atoms with Gasteiger partial charge in [0.2, 0.25) is 0 Å². The summed E-state index contributed by atoms with van der Waals surface area (Å²) in [6, 6.07) is 15.6. The molecule has 0 saturated carbocycles. The lowest BCUT2D eigenvalue weighted by Crippen LogP contribution is -2.40. The Labute approximate surface area is 125 Å². The van der Waals surface area contributed by atoms with Gasteiger partial charge in [0.25, 0.3) is 5.91 Å². The number of amides is 1. The molecule has 1 saturated heterocycles. The number of aromatic nitrogens is 1. The SMILES string of the molecule is O=C(c1ccccc1)N1CCC[C@H](Cc2ccccn2)C1. The number of carbonyl (C=O) groups is 1. The molecule has 1 amide bonds. The van der Waals surface area contributed by atoms with E-state index in [-0.39, 0.29) is 5.91 Å². The fourth-order valence-electron chi connectivity index (χ4n) is 2.99. The number of rotatable bonds is 3. The molecule has 1 aromatic heterocycles. The third kappa shape index (κ3) is 3.48. The van der Waals surface area contributed by atoms with Crippen LogP contribution in [0.1, 0.15) is 28.9 Å². The summed E-state index contributed by atoms with van der Waals surface area (Å²) < 4.78 is 0. The Morgan fingerprint density at radius 1 is 1.14 bits per heavy atom. The molecule has 0 bridgehead atoms. The fraction of sp³-hybridized carbons (Fsp3) is 0.333. The zero-order valence-corrected chi connectivity index (χ0v) is 12.1. The van der Waals surface area contributed by atoms with E-state index in [2.05, 4.69) is 11.1 Å². The predicted octanol–water partition coefficient (Wildman–Crippen LogP) is 3.18. The third-order valence-electron chi connectivity index (χ3n) is 4.05. The Balaban J connectivity index is 1.64. The molecule has 108 valence electrons. The monoisotopic (exact) mass is 280 g/mol.